The number of ether oxygens (including phenoxy) is 2. The Hall–Kier alpha value is -3.87. The van der Waals surface area contributed by atoms with E-state index >= 15 is 0 Å². The molecule has 0 N–H and O–H groups in total. The molecule has 35 heavy (non-hydrogen) atoms. The molecule has 0 bridgehead atoms. The number of halogens is 3. The van der Waals surface area contributed by atoms with Crippen molar-refractivity contribution in [1.29, 1.82) is 0 Å². The monoisotopic (exact) mass is 479 g/mol. The second-order valence-corrected chi connectivity index (χ2v) is 8.05. The molecule has 0 aliphatic carbocycles. The third-order valence-electron chi connectivity index (χ3n) is 5.55. The van der Waals surface area contributed by atoms with E-state index in [0.717, 1.165) is 39.6 Å². The van der Waals surface area contributed by atoms with Gasteiger partial charge >= 0.3 is 12.1 Å². The van der Waals surface area contributed by atoms with Gasteiger partial charge in [0.05, 0.1) is 12.2 Å². The van der Waals surface area contributed by atoms with Gasteiger partial charge < -0.3 is 9.47 Å². The lowest BCUT2D eigenvalue weighted by molar-refractivity contribution is -0.143. The fourth-order valence-corrected chi connectivity index (χ4v) is 3.73. The minimum atomic E-state index is -4.39. The van der Waals surface area contributed by atoms with Crippen LogP contribution in [0.25, 0.3) is 21.9 Å². The molecule has 0 aliphatic rings. The number of fused-ring (bicyclic) bond motifs is 1. The zero-order valence-corrected chi connectivity index (χ0v) is 19.1. The molecule has 1 aromatic heterocycles. The lowest BCUT2D eigenvalue weighted by Crippen LogP contribution is -2.06. The summed E-state index contributed by atoms with van der Waals surface area (Å²) in [6.45, 7) is 2.16. The fraction of sp³-hybridized carbons (Fsp3) is 0.214. The Morgan fingerprint density at radius 1 is 0.914 bits per heavy atom. The third-order valence-corrected chi connectivity index (χ3v) is 5.55. The number of nitrogens with zero attached hydrogens (tertiary/aromatic N) is 1. The van der Waals surface area contributed by atoms with Gasteiger partial charge in [-0.2, -0.15) is 13.2 Å². The van der Waals surface area contributed by atoms with Gasteiger partial charge in [-0.25, -0.2) is 4.98 Å². The Bertz CT molecular complexity index is 1320. The number of pyridine rings is 1. The van der Waals surface area contributed by atoms with Gasteiger partial charge in [-0.15, -0.1) is 0 Å². The minimum Gasteiger partial charge on any atom is -0.472 e. The van der Waals surface area contributed by atoms with Crippen LogP contribution in [-0.4, -0.2) is 17.6 Å². The van der Waals surface area contributed by atoms with Crippen LogP contribution < -0.4 is 4.74 Å². The summed E-state index contributed by atoms with van der Waals surface area (Å²) in [5, 5.41) is 2.14. The predicted octanol–water partition coefficient (Wildman–Crippen LogP) is 7.00. The molecule has 7 heteroatoms. The van der Waals surface area contributed by atoms with Gasteiger partial charge in [-0.05, 0) is 65.1 Å². The van der Waals surface area contributed by atoms with E-state index in [1.54, 1.807) is 13.1 Å². The molecule has 1 heterocycles. The standard InChI is InChI=1S/C28H24F3NO3/c1-2-34-26(33)14-9-20-15-25(23-11-10-21-5-3-4-6-22(21)16-23)27(32-17-20)35-18-19-7-12-24(13-8-19)28(29,30)31/h3-8,10-13,15-17H,2,9,14,18H2,1H3. The normalized spacial score (nSPS) is 11.4. The molecule has 0 fully saturated rings. The molecule has 0 radical (unpaired) electrons. The molecule has 0 amide bonds. The van der Waals surface area contributed by atoms with E-state index in [2.05, 4.69) is 4.98 Å². The number of esters is 1. The van der Waals surface area contributed by atoms with Gasteiger partial charge in [0, 0.05) is 18.2 Å². The first-order valence-corrected chi connectivity index (χ1v) is 11.3. The van der Waals surface area contributed by atoms with Gasteiger partial charge in [0.25, 0.3) is 0 Å². The molecule has 4 rings (SSSR count). The van der Waals surface area contributed by atoms with Crippen molar-refractivity contribution in [3.8, 4) is 17.0 Å². The summed E-state index contributed by atoms with van der Waals surface area (Å²) in [7, 11) is 0. The molecule has 3 aromatic carbocycles. The van der Waals surface area contributed by atoms with Crippen molar-refractivity contribution in [1.82, 2.24) is 4.98 Å². The van der Waals surface area contributed by atoms with Crippen LogP contribution in [0.15, 0.2) is 79.0 Å². The highest BCUT2D eigenvalue weighted by Gasteiger charge is 2.29. The summed E-state index contributed by atoms with van der Waals surface area (Å²) < 4.78 is 49.5. The van der Waals surface area contributed by atoms with E-state index < -0.39 is 11.7 Å². The summed E-state index contributed by atoms with van der Waals surface area (Å²) in [5.74, 6) is 0.0856. The molecule has 0 spiro atoms. The summed E-state index contributed by atoms with van der Waals surface area (Å²) in [6.07, 6.45) is -2.04. The minimum absolute atomic E-state index is 0.0634. The Balaban J connectivity index is 1.61. The molecule has 0 atom stereocenters. The van der Waals surface area contributed by atoms with Gasteiger partial charge in [0.2, 0.25) is 5.88 Å². The smallest absolute Gasteiger partial charge is 0.416 e. The molecule has 0 unspecified atom stereocenters. The van der Waals surface area contributed by atoms with E-state index in [1.165, 1.54) is 12.1 Å². The Morgan fingerprint density at radius 3 is 2.37 bits per heavy atom. The van der Waals surface area contributed by atoms with E-state index in [4.69, 9.17) is 9.47 Å². The Morgan fingerprint density at radius 2 is 1.66 bits per heavy atom. The zero-order valence-electron chi connectivity index (χ0n) is 19.1. The quantitative estimate of drug-likeness (QED) is 0.256. The number of carbonyl (C=O) groups is 1. The first-order chi connectivity index (χ1) is 16.8. The molecule has 4 nitrogen and oxygen atoms in total. The van der Waals surface area contributed by atoms with Crippen LogP contribution in [0.4, 0.5) is 13.2 Å². The SMILES string of the molecule is CCOC(=O)CCc1cnc(OCc2ccc(C(F)(F)F)cc2)c(-c2ccc3ccccc3c2)c1. The number of hydrogen-bond acceptors (Lipinski definition) is 4. The molecule has 4 aromatic rings. The molecule has 180 valence electrons. The number of aryl methyl sites for hydroxylation is 1. The second-order valence-electron chi connectivity index (χ2n) is 8.05. The average Bonchev–Trinajstić information content (AvgIpc) is 2.86. The van der Waals surface area contributed by atoms with Crippen molar-refractivity contribution in [2.24, 2.45) is 0 Å². The predicted molar refractivity (Wildman–Crippen MR) is 128 cm³/mol. The highest BCUT2D eigenvalue weighted by Crippen LogP contribution is 2.33. The highest BCUT2D eigenvalue weighted by atomic mass is 19.4. The van der Waals surface area contributed by atoms with Crippen molar-refractivity contribution in [2.45, 2.75) is 32.5 Å². The van der Waals surface area contributed by atoms with Gasteiger partial charge in [-0.1, -0.05) is 48.5 Å². The Kier molecular flexibility index (Phi) is 7.34. The largest absolute Gasteiger partial charge is 0.472 e. The van der Waals surface area contributed by atoms with Gasteiger partial charge in [0.1, 0.15) is 6.61 Å². The molecule has 0 saturated carbocycles. The van der Waals surface area contributed by atoms with Crippen molar-refractivity contribution in [3.63, 3.8) is 0 Å². The van der Waals surface area contributed by atoms with Crippen molar-refractivity contribution < 1.29 is 27.4 Å². The van der Waals surface area contributed by atoms with E-state index in [9.17, 15) is 18.0 Å². The summed E-state index contributed by atoms with van der Waals surface area (Å²) in [6, 6.07) is 20.8. The number of carbonyl (C=O) groups excluding carboxylic acids is 1. The average molecular weight is 479 g/mol. The summed E-state index contributed by atoms with van der Waals surface area (Å²) in [5.41, 5.74) is 2.36. The van der Waals surface area contributed by atoms with Gasteiger partial charge in [-0.3, -0.25) is 4.79 Å². The maximum atomic E-state index is 12.8. The van der Waals surface area contributed by atoms with E-state index in [1.807, 2.05) is 48.5 Å². The lowest BCUT2D eigenvalue weighted by Gasteiger charge is -2.14. The first kappa shape index (κ1) is 24.3. The number of hydrogen-bond donors (Lipinski definition) is 0. The zero-order chi connectivity index (χ0) is 24.8. The summed E-state index contributed by atoms with van der Waals surface area (Å²) in [4.78, 5) is 16.3. The van der Waals surface area contributed by atoms with Crippen molar-refractivity contribution >= 4 is 16.7 Å². The van der Waals surface area contributed by atoms with Crippen LogP contribution in [-0.2, 0) is 28.7 Å². The van der Waals surface area contributed by atoms with Crippen LogP contribution in [0.2, 0.25) is 0 Å². The number of alkyl halides is 3. The summed E-state index contributed by atoms with van der Waals surface area (Å²) >= 11 is 0. The topological polar surface area (TPSA) is 48.4 Å². The lowest BCUT2D eigenvalue weighted by atomic mass is 10.00. The molecular weight excluding hydrogens is 455 g/mol. The van der Waals surface area contributed by atoms with Crippen LogP contribution >= 0.6 is 0 Å². The fourth-order valence-electron chi connectivity index (χ4n) is 3.73. The molecule has 0 saturated heterocycles. The van der Waals surface area contributed by atoms with Crippen molar-refractivity contribution in [2.75, 3.05) is 6.61 Å². The van der Waals surface area contributed by atoms with Crippen molar-refractivity contribution in [3.05, 3.63) is 95.7 Å². The van der Waals surface area contributed by atoms with E-state index in [0.29, 0.717) is 24.5 Å². The Labute approximate surface area is 201 Å². The van der Waals surface area contributed by atoms with Crippen LogP contribution in [0.5, 0.6) is 5.88 Å². The third kappa shape index (κ3) is 6.18. The highest BCUT2D eigenvalue weighted by molar-refractivity contribution is 5.88. The van der Waals surface area contributed by atoms with Crippen LogP contribution in [0.3, 0.4) is 0 Å². The molecular formula is C28H24F3NO3. The number of aromatic nitrogens is 1. The van der Waals surface area contributed by atoms with E-state index in [-0.39, 0.29) is 19.0 Å². The number of benzene rings is 3. The molecule has 0 aliphatic heterocycles. The second kappa shape index (κ2) is 10.6. The van der Waals surface area contributed by atoms with Crippen LogP contribution in [0.1, 0.15) is 30.0 Å². The maximum absolute atomic E-state index is 12.8. The number of rotatable bonds is 8. The maximum Gasteiger partial charge on any atom is 0.416 e. The van der Waals surface area contributed by atoms with Crippen LogP contribution in [0, 0.1) is 0 Å². The van der Waals surface area contributed by atoms with Gasteiger partial charge in [0.15, 0.2) is 0 Å². The first-order valence-electron chi connectivity index (χ1n) is 11.3.